The zero-order valence-electron chi connectivity index (χ0n) is 14.0. The molecule has 2 amide bonds. The Hall–Kier alpha value is -2.34. The average Bonchev–Trinajstić information content (AvgIpc) is 3.20. The highest BCUT2D eigenvalue weighted by Gasteiger charge is 2.31. The maximum atomic E-state index is 12.2. The molecule has 2 heterocycles. The lowest BCUT2D eigenvalue weighted by Crippen LogP contribution is -2.37. The van der Waals surface area contributed by atoms with Crippen LogP contribution in [0.15, 0.2) is 34.9 Å². The molecule has 0 spiro atoms. The number of nitrogens with zero attached hydrogens (tertiary/aromatic N) is 2. The van der Waals surface area contributed by atoms with E-state index in [1.807, 2.05) is 31.2 Å². The second-order valence-corrected chi connectivity index (χ2v) is 6.57. The summed E-state index contributed by atoms with van der Waals surface area (Å²) in [4.78, 5) is 26.1. The summed E-state index contributed by atoms with van der Waals surface area (Å²) < 4.78 is 5.02. The number of aryl methyl sites for hydroxylation is 1. The van der Waals surface area contributed by atoms with Crippen molar-refractivity contribution < 1.29 is 14.1 Å². The molecule has 2 aromatic rings. The van der Waals surface area contributed by atoms with Crippen LogP contribution >= 0.6 is 11.6 Å². The Morgan fingerprint density at radius 3 is 3.00 bits per heavy atom. The van der Waals surface area contributed by atoms with Gasteiger partial charge in [-0.3, -0.25) is 9.59 Å². The molecule has 0 bridgehead atoms. The summed E-state index contributed by atoms with van der Waals surface area (Å²) in [6, 6.07) is 9.02. The smallest absolute Gasteiger partial charge is 0.290 e. The molecule has 1 fully saturated rings. The van der Waals surface area contributed by atoms with Crippen LogP contribution in [0.4, 0.5) is 0 Å². The van der Waals surface area contributed by atoms with Crippen LogP contribution in [0, 0.1) is 0 Å². The molecule has 7 heteroatoms. The Labute approximate surface area is 151 Å². The van der Waals surface area contributed by atoms with Crippen molar-refractivity contribution in [3.63, 3.8) is 0 Å². The number of hydrogen-bond donors (Lipinski definition) is 1. The first-order valence-electron chi connectivity index (χ1n) is 8.34. The summed E-state index contributed by atoms with van der Waals surface area (Å²) in [5.74, 6) is -0.109. The molecule has 1 N–H and O–H groups in total. The number of halogens is 1. The van der Waals surface area contributed by atoms with E-state index in [4.69, 9.17) is 16.1 Å². The summed E-state index contributed by atoms with van der Waals surface area (Å²) in [6.07, 6.45) is 1.74. The standard InChI is InChI=1S/C18H20ClN3O3/c1-2-14-9-16(25-21-14)18(24)20-15-10-17(23)22(11-15)7-6-12-4-3-5-13(19)8-12/h3-5,8-9,15H,2,6-7,10-11H2,1H3,(H,20,24). The lowest BCUT2D eigenvalue weighted by molar-refractivity contribution is -0.127. The molecule has 0 radical (unpaired) electrons. The van der Waals surface area contributed by atoms with Crippen LogP contribution in [0.2, 0.25) is 5.02 Å². The SMILES string of the molecule is CCc1cc(C(=O)NC2CC(=O)N(CCc3cccc(Cl)c3)C2)on1. The predicted molar refractivity (Wildman–Crippen MR) is 93.5 cm³/mol. The van der Waals surface area contributed by atoms with Crippen LogP contribution in [0.1, 0.15) is 35.2 Å². The molecule has 1 unspecified atom stereocenters. The topological polar surface area (TPSA) is 75.4 Å². The summed E-state index contributed by atoms with van der Waals surface area (Å²) >= 11 is 5.98. The number of rotatable bonds is 6. The molecule has 6 nitrogen and oxygen atoms in total. The fraction of sp³-hybridized carbons (Fsp3) is 0.389. The van der Waals surface area contributed by atoms with Gasteiger partial charge in [-0.2, -0.15) is 0 Å². The average molecular weight is 362 g/mol. The number of nitrogens with one attached hydrogen (secondary N) is 1. The maximum absolute atomic E-state index is 12.2. The van der Waals surface area contributed by atoms with Gasteiger partial charge in [0.2, 0.25) is 11.7 Å². The van der Waals surface area contributed by atoms with Crippen molar-refractivity contribution in [3.8, 4) is 0 Å². The summed E-state index contributed by atoms with van der Waals surface area (Å²) in [6.45, 7) is 3.04. The lowest BCUT2D eigenvalue weighted by atomic mass is 10.1. The predicted octanol–water partition coefficient (Wildman–Crippen LogP) is 2.46. The van der Waals surface area contributed by atoms with Crippen molar-refractivity contribution in [1.29, 1.82) is 0 Å². The number of amides is 2. The van der Waals surface area contributed by atoms with Crippen LogP contribution in [0.5, 0.6) is 0 Å². The quantitative estimate of drug-likeness (QED) is 0.857. The summed E-state index contributed by atoms with van der Waals surface area (Å²) in [5, 5.41) is 7.34. The molecule has 1 aliphatic rings. The van der Waals surface area contributed by atoms with Crippen molar-refractivity contribution in [1.82, 2.24) is 15.4 Å². The second-order valence-electron chi connectivity index (χ2n) is 6.13. The van der Waals surface area contributed by atoms with Gasteiger partial charge < -0.3 is 14.7 Å². The van der Waals surface area contributed by atoms with E-state index < -0.39 is 0 Å². The molecule has 25 heavy (non-hydrogen) atoms. The van der Waals surface area contributed by atoms with Gasteiger partial charge in [-0.15, -0.1) is 0 Å². The van der Waals surface area contributed by atoms with Crippen molar-refractivity contribution in [2.24, 2.45) is 0 Å². The molecule has 1 aliphatic heterocycles. The van der Waals surface area contributed by atoms with Gasteiger partial charge in [-0.1, -0.05) is 35.8 Å². The van der Waals surface area contributed by atoms with Gasteiger partial charge in [0.05, 0.1) is 11.7 Å². The third kappa shape index (κ3) is 4.39. The summed E-state index contributed by atoms with van der Waals surface area (Å²) in [5.41, 5.74) is 1.82. The molecule has 1 aromatic heterocycles. The van der Waals surface area contributed by atoms with Gasteiger partial charge in [-0.25, -0.2) is 0 Å². The molecule has 3 rings (SSSR count). The second kappa shape index (κ2) is 7.70. The number of aromatic nitrogens is 1. The largest absolute Gasteiger partial charge is 0.351 e. The minimum Gasteiger partial charge on any atom is -0.351 e. The molecule has 1 saturated heterocycles. The van der Waals surface area contributed by atoms with Crippen LogP contribution in [0.3, 0.4) is 0 Å². The Morgan fingerprint density at radius 2 is 2.28 bits per heavy atom. The Bertz CT molecular complexity index is 774. The molecule has 132 valence electrons. The van der Waals surface area contributed by atoms with Gasteiger partial charge >= 0.3 is 0 Å². The fourth-order valence-electron chi connectivity index (χ4n) is 2.88. The van der Waals surface area contributed by atoms with Crippen LogP contribution < -0.4 is 5.32 Å². The van der Waals surface area contributed by atoms with Gasteiger partial charge in [0.15, 0.2) is 0 Å². The van der Waals surface area contributed by atoms with E-state index in [0.29, 0.717) is 31.0 Å². The normalized spacial score (nSPS) is 17.1. The lowest BCUT2D eigenvalue weighted by Gasteiger charge is -2.17. The highest BCUT2D eigenvalue weighted by Crippen LogP contribution is 2.15. The molecule has 0 saturated carbocycles. The molecular formula is C18H20ClN3O3. The zero-order valence-corrected chi connectivity index (χ0v) is 14.8. The third-order valence-electron chi connectivity index (χ3n) is 4.25. The fourth-order valence-corrected chi connectivity index (χ4v) is 3.10. The highest BCUT2D eigenvalue weighted by atomic mass is 35.5. The van der Waals surface area contributed by atoms with E-state index in [9.17, 15) is 9.59 Å². The third-order valence-corrected chi connectivity index (χ3v) is 4.49. The Balaban J connectivity index is 1.52. The minimum atomic E-state index is -0.332. The monoisotopic (exact) mass is 361 g/mol. The first-order chi connectivity index (χ1) is 12.0. The molecule has 1 aromatic carbocycles. The van der Waals surface area contributed by atoms with E-state index in [0.717, 1.165) is 17.7 Å². The van der Waals surface area contributed by atoms with Gasteiger partial charge in [0, 0.05) is 30.6 Å². The van der Waals surface area contributed by atoms with Crippen LogP contribution in [0.25, 0.3) is 0 Å². The van der Waals surface area contributed by atoms with Crippen LogP contribution in [-0.2, 0) is 17.6 Å². The first kappa shape index (κ1) is 17.5. The number of likely N-dealkylation sites (tertiary alicyclic amines) is 1. The van der Waals surface area contributed by atoms with E-state index >= 15 is 0 Å². The zero-order chi connectivity index (χ0) is 17.8. The van der Waals surface area contributed by atoms with Crippen LogP contribution in [-0.4, -0.2) is 41.0 Å². The first-order valence-corrected chi connectivity index (χ1v) is 8.71. The summed E-state index contributed by atoms with van der Waals surface area (Å²) in [7, 11) is 0. The number of hydrogen-bond acceptors (Lipinski definition) is 4. The van der Waals surface area contributed by atoms with Crippen molar-refractivity contribution in [2.45, 2.75) is 32.2 Å². The molecule has 0 aliphatic carbocycles. The number of carbonyl (C=O) groups excluding carboxylic acids is 2. The van der Waals surface area contributed by atoms with Gasteiger partial charge in [0.1, 0.15) is 0 Å². The van der Waals surface area contributed by atoms with Gasteiger partial charge in [0.25, 0.3) is 5.91 Å². The van der Waals surface area contributed by atoms with Crippen molar-refractivity contribution in [2.75, 3.05) is 13.1 Å². The van der Waals surface area contributed by atoms with E-state index in [2.05, 4.69) is 10.5 Å². The van der Waals surface area contributed by atoms with Crippen molar-refractivity contribution >= 4 is 23.4 Å². The minimum absolute atomic E-state index is 0.0409. The number of carbonyl (C=O) groups is 2. The van der Waals surface area contributed by atoms with E-state index in [1.54, 1.807) is 11.0 Å². The maximum Gasteiger partial charge on any atom is 0.290 e. The van der Waals surface area contributed by atoms with E-state index in [1.165, 1.54) is 0 Å². The number of benzene rings is 1. The molecular weight excluding hydrogens is 342 g/mol. The molecule has 1 atom stereocenters. The highest BCUT2D eigenvalue weighted by molar-refractivity contribution is 6.30. The Morgan fingerprint density at radius 1 is 1.44 bits per heavy atom. The van der Waals surface area contributed by atoms with Gasteiger partial charge in [-0.05, 0) is 30.5 Å². The van der Waals surface area contributed by atoms with E-state index in [-0.39, 0.29) is 23.6 Å². The van der Waals surface area contributed by atoms with Crippen molar-refractivity contribution in [3.05, 3.63) is 52.4 Å². The Kier molecular flexibility index (Phi) is 5.38.